The summed E-state index contributed by atoms with van der Waals surface area (Å²) in [6.07, 6.45) is 5.05. The average molecular weight is 196 g/mol. The standard InChI is InChI=1S/C11H16O3/c1-3-4-8(2)7-14-10-5-9(6-10)11(12)13/h3-4,9-10H,1,5-7H2,2H3,(H,12,13)/b8-4+. The zero-order valence-corrected chi connectivity index (χ0v) is 8.40. The number of ether oxygens (including phenoxy) is 1. The van der Waals surface area contributed by atoms with Crippen LogP contribution >= 0.6 is 0 Å². The van der Waals surface area contributed by atoms with Crippen LogP contribution in [0, 0.1) is 5.92 Å². The fourth-order valence-corrected chi connectivity index (χ4v) is 1.40. The second-order valence-electron chi connectivity index (χ2n) is 3.69. The molecule has 1 aliphatic carbocycles. The first-order valence-corrected chi connectivity index (χ1v) is 4.76. The number of carboxylic acids is 1. The lowest BCUT2D eigenvalue weighted by atomic mass is 9.82. The van der Waals surface area contributed by atoms with E-state index in [1.165, 1.54) is 0 Å². The van der Waals surface area contributed by atoms with Gasteiger partial charge in [-0.25, -0.2) is 0 Å². The summed E-state index contributed by atoms with van der Waals surface area (Å²) in [7, 11) is 0. The van der Waals surface area contributed by atoms with Crippen molar-refractivity contribution in [3.05, 3.63) is 24.3 Å². The van der Waals surface area contributed by atoms with Crippen molar-refractivity contribution < 1.29 is 14.6 Å². The molecule has 3 nitrogen and oxygen atoms in total. The fraction of sp³-hybridized carbons (Fsp3) is 0.545. The summed E-state index contributed by atoms with van der Waals surface area (Å²) < 4.78 is 5.49. The third-order valence-electron chi connectivity index (χ3n) is 2.39. The minimum atomic E-state index is -0.705. The molecular weight excluding hydrogens is 180 g/mol. The van der Waals surface area contributed by atoms with E-state index in [1.54, 1.807) is 6.08 Å². The molecule has 0 radical (unpaired) electrons. The number of carboxylic acid groups (broad SMARTS) is 1. The third kappa shape index (κ3) is 3.00. The molecule has 0 amide bonds. The molecule has 1 fully saturated rings. The van der Waals surface area contributed by atoms with Crippen LogP contribution in [0.2, 0.25) is 0 Å². The fourth-order valence-electron chi connectivity index (χ4n) is 1.40. The van der Waals surface area contributed by atoms with Crippen molar-refractivity contribution in [1.82, 2.24) is 0 Å². The van der Waals surface area contributed by atoms with Crippen molar-refractivity contribution in [2.24, 2.45) is 5.92 Å². The van der Waals surface area contributed by atoms with Crippen LogP contribution in [0.25, 0.3) is 0 Å². The maximum atomic E-state index is 10.5. The number of hydrogen-bond donors (Lipinski definition) is 1. The molecule has 0 saturated heterocycles. The molecule has 14 heavy (non-hydrogen) atoms. The Kier molecular flexibility index (Phi) is 3.89. The molecule has 0 aromatic heterocycles. The van der Waals surface area contributed by atoms with E-state index in [1.807, 2.05) is 13.0 Å². The summed E-state index contributed by atoms with van der Waals surface area (Å²) in [6, 6.07) is 0. The Morgan fingerprint density at radius 3 is 2.79 bits per heavy atom. The van der Waals surface area contributed by atoms with E-state index < -0.39 is 5.97 Å². The molecule has 0 atom stereocenters. The minimum Gasteiger partial charge on any atom is -0.481 e. The lowest BCUT2D eigenvalue weighted by molar-refractivity contribution is -0.150. The predicted octanol–water partition coefficient (Wildman–Crippen LogP) is 2.00. The molecule has 0 aliphatic heterocycles. The highest BCUT2D eigenvalue weighted by Gasteiger charge is 2.34. The van der Waals surface area contributed by atoms with Gasteiger partial charge < -0.3 is 9.84 Å². The quantitative estimate of drug-likeness (QED) is 0.684. The Morgan fingerprint density at radius 2 is 2.29 bits per heavy atom. The highest BCUT2D eigenvalue weighted by Crippen LogP contribution is 2.30. The molecule has 0 spiro atoms. The molecule has 0 aromatic carbocycles. The van der Waals surface area contributed by atoms with E-state index in [0.29, 0.717) is 19.4 Å². The average Bonchev–Trinajstić information content (AvgIpc) is 2.01. The van der Waals surface area contributed by atoms with Crippen LogP contribution in [0.3, 0.4) is 0 Å². The van der Waals surface area contributed by atoms with Crippen molar-refractivity contribution in [2.45, 2.75) is 25.9 Å². The first kappa shape index (κ1) is 11.0. The summed E-state index contributed by atoms with van der Waals surface area (Å²) in [5, 5.41) is 8.63. The third-order valence-corrected chi connectivity index (χ3v) is 2.39. The number of allylic oxidation sites excluding steroid dienone is 2. The highest BCUT2D eigenvalue weighted by molar-refractivity contribution is 5.71. The van der Waals surface area contributed by atoms with E-state index in [-0.39, 0.29) is 12.0 Å². The highest BCUT2D eigenvalue weighted by atomic mass is 16.5. The van der Waals surface area contributed by atoms with Crippen LogP contribution < -0.4 is 0 Å². The number of carbonyl (C=O) groups is 1. The van der Waals surface area contributed by atoms with Crippen molar-refractivity contribution in [3.8, 4) is 0 Å². The van der Waals surface area contributed by atoms with Gasteiger partial charge in [-0.1, -0.05) is 18.7 Å². The van der Waals surface area contributed by atoms with Gasteiger partial charge in [-0.05, 0) is 25.3 Å². The Labute approximate surface area is 84.1 Å². The Hall–Kier alpha value is -1.09. The molecule has 0 aromatic rings. The molecule has 1 rings (SSSR count). The Bertz CT molecular complexity index is 249. The minimum absolute atomic E-state index is 0.129. The maximum Gasteiger partial charge on any atom is 0.306 e. The molecule has 78 valence electrons. The van der Waals surface area contributed by atoms with Crippen molar-refractivity contribution in [3.63, 3.8) is 0 Å². The van der Waals surface area contributed by atoms with Gasteiger partial charge in [-0.15, -0.1) is 0 Å². The van der Waals surface area contributed by atoms with E-state index in [0.717, 1.165) is 5.57 Å². The van der Waals surface area contributed by atoms with E-state index in [4.69, 9.17) is 9.84 Å². The zero-order chi connectivity index (χ0) is 10.6. The van der Waals surface area contributed by atoms with Gasteiger partial charge in [0.1, 0.15) is 0 Å². The number of hydrogen-bond acceptors (Lipinski definition) is 2. The predicted molar refractivity (Wildman–Crippen MR) is 54.1 cm³/mol. The van der Waals surface area contributed by atoms with Crippen molar-refractivity contribution >= 4 is 5.97 Å². The summed E-state index contributed by atoms with van der Waals surface area (Å²) in [5.41, 5.74) is 1.11. The molecular formula is C11H16O3. The largest absolute Gasteiger partial charge is 0.481 e. The molecule has 1 saturated carbocycles. The van der Waals surface area contributed by atoms with E-state index in [2.05, 4.69) is 6.58 Å². The van der Waals surface area contributed by atoms with Crippen LogP contribution in [0.15, 0.2) is 24.3 Å². The second-order valence-corrected chi connectivity index (χ2v) is 3.69. The summed E-state index contributed by atoms with van der Waals surface area (Å²) >= 11 is 0. The van der Waals surface area contributed by atoms with Gasteiger partial charge in [0.05, 0.1) is 18.6 Å². The van der Waals surface area contributed by atoms with Gasteiger partial charge in [-0.2, -0.15) is 0 Å². The second kappa shape index (κ2) is 4.96. The number of rotatable bonds is 5. The number of aliphatic carboxylic acids is 1. The van der Waals surface area contributed by atoms with Crippen molar-refractivity contribution in [2.75, 3.05) is 6.61 Å². The molecule has 0 bridgehead atoms. The first-order valence-electron chi connectivity index (χ1n) is 4.76. The van der Waals surface area contributed by atoms with Gasteiger partial charge in [0.2, 0.25) is 0 Å². The van der Waals surface area contributed by atoms with Crippen LogP contribution in [0.5, 0.6) is 0 Å². The molecule has 1 N–H and O–H groups in total. The van der Waals surface area contributed by atoms with Crippen molar-refractivity contribution in [1.29, 1.82) is 0 Å². The maximum absolute atomic E-state index is 10.5. The lowest BCUT2D eigenvalue weighted by Gasteiger charge is -2.32. The Balaban J connectivity index is 2.14. The molecule has 0 unspecified atom stereocenters. The van der Waals surface area contributed by atoms with Crippen LogP contribution in [0.4, 0.5) is 0 Å². The molecule has 1 aliphatic rings. The monoisotopic (exact) mass is 196 g/mol. The van der Waals surface area contributed by atoms with Gasteiger partial charge in [-0.3, -0.25) is 4.79 Å². The first-order chi connectivity index (χ1) is 6.63. The van der Waals surface area contributed by atoms with Gasteiger partial charge in [0, 0.05) is 0 Å². The van der Waals surface area contributed by atoms with Crippen LogP contribution in [0.1, 0.15) is 19.8 Å². The van der Waals surface area contributed by atoms with Gasteiger partial charge in [0.25, 0.3) is 0 Å². The SMILES string of the molecule is C=C/C=C(\C)COC1CC(C(=O)O)C1. The zero-order valence-electron chi connectivity index (χ0n) is 8.40. The summed E-state index contributed by atoms with van der Waals surface area (Å²) in [6.45, 7) is 6.13. The van der Waals surface area contributed by atoms with Crippen LogP contribution in [-0.2, 0) is 9.53 Å². The molecule has 0 heterocycles. The summed E-state index contributed by atoms with van der Waals surface area (Å²) in [5.74, 6) is -0.896. The lowest BCUT2D eigenvalue weighted by Crippen LogP contribution is -2.36. The smallest absolute Gasteiger partial charge is 0.306 e. The van der Waals surface area contributed by atoms with Gasteiger partial charge in [0.15, 0.2) is 0 Å². The Morgan fingerprint density at radius 1 is 1.64 bits per heavy atom. The van der Waals surface area contributed by atoms with E-state index >= 15 is 0 Å². The van der Waals surface area contributed by atoms with Crippen LogP contribution in [-0.4, -0.2) is 23.8 Å². The molecule has 3 heteroatoms. The topological polar surface area (TPSA) is 46.5 Å². The normalized spacial score (nSPS) is 26.8. The summed E-state index contributed by atoms with van der Waals surface area (Å²) in [4.78, 5) is 10.5. The van der Waals surface area contributed by atoms with Gasteiger partial charge >= 0.3 is 5.97 Å². The van der Waals surface area contributed by atoms with E-state index in [9.17, 15) is 4.79 Å².